The lowest BCUT2D eigenvalue weighted by atomic mass is 9.88. The van der Waals surface area contributed by atoms with Gasteiger partial charge in [0.1, 0.15) is 17.3 Å². The zero-order valence-electron chi connectivity index (χ0n) is 15.9. The van der Waals surface area contributed by atoms with Crippen LogP contribution in [0.5, 0.6) is 0 Å². The fourth-order valence-corrected chi connectivity index (χ4v) is 4.09. The molecule has 8 nitrogen and oxygen atoms in total. The van der Waals surface area contributed by atoms with Crippen LogP contribution >= 0.6 is 0 Å². The van der Waals surface area contributed by atoms with Crippen LogP contribution in [0.1, 0.15) is 43.1 Å². The lowest BCUT2D eigenvalue weighted by Gasteiger charge is -2.24. The van der Waals surface area contributed by atoms with E-state index in [1.165, 1.54) is 9.47 Å². The van der Waals surface area contributed by atoms with E-state index in [-0.39, 0.29) is 24.6 Å². The van der Waals surface area contributed by atoms with Gasteiger partial charge in [-0.25, -0.2) is 13.6 Å². The highest BCUT2D eigenvalue weighted by atomic mass is 19.1. The minimum atomic E-state index is -1.49. The molecule has 3 N–H and O–H groups in total. The van der Waals surface area contributed by atoms with Crippen molar-refractivity contribution in [2.24, 2.45) is 10.6 Å². The average Bonchev–Trinajstić information content (AvgIpc) is 3.43. The van der Waals surface area contributed by atoms with Gasteiger partial charge in [0.2, 0.25) is 5.43 Å². The number of fused-ring (bicyclic) bond motifs is 1. The number of aromatic nitrogens is 1. The first-order valence-electron chi connectivity index (χ1n) is 9.24. The number of hydrogen-bond donors (Lipinski definition) is 2. The van der Waals surface area contributed by atoms with E-state index >= 15 is 8.78 Å². The number of aromatic carboxylic acids is 1. The first-order chi connectivity index (χ1) is 13.6. The van der Waals surface area contributed by atoms with Crippen molar-refractivity contribution < 1.29 is 18.7 Å². The van der Waals surface area contributed by atoms with E-state index in [2.05, 4.69) is 5.18 Å². The van der Waals surface area contributed by atoms with E-state index in [1.54, 1.807) is 13.8 Å². The summed E-state index contributed by atoms with van der Waals surface area (Å²) in [6, 6.07) is -0.860. The van der Waals surface area contributed by atoms with Crippen molar-refractivity contribution in [3.8, 4) is 0 Å². The smallest absolute Gasteiger partial charge is 0.341 e. The van der Waals surface area contributed by atoms with Crippen LogP contribution in [0.3, 0.4) is 0 Å². The summed E-state index contributed by atoms with van der Waals surface area (Å²) in [5.41, 5.74) is 2.44. The molecule has 29 heavy (non-hydrogen) atoms. The van der Waals surface area contributed by atoms with Crippen LogP contribution in [0.25, 0.3) is 10.9 Å². The van der Waals surface area contributed by atoms with Crippen molar-refractivity contribution in [3.05, 3.63) is 38.5 Å². The second kappa shape index (κ2) is 6.23. The minimum Gasteiger partial charge on any atom is -0.477 e. The number of nitrogens with zero attached hydrogens (tertiary/aromatic N) is 3. The summed E-state index contributed by atoms with van der Waals surface area (Å²) in [6.07, 6.45) is 2.45. The van der Waals surface area contributed by atoms with Gasteiger partial charge in [0.25, 0.3) is 0 Å². The largest absolute Gasteiger partial charge is 0.477 e. The first-order valence-corrected chi connectivity index (χ1v) is 9.24. The average molecular weight is 406 g/mol. The summed E-state index contributed by atoms with van der Waals surface area (Å²) < 4.78 is 32.2. The maximum Gasteiger partial charge on any atom is 0.341 e. The van der Waals surface area contributed by atoms with E-state index < -0.39 is 56.8 Å². The molecule has 1 saturated carbocycles. The summed E-state index contributed by atoms with van der Waals surface area (Å²) in [4.78, 5) is 36.6. The van der Waals surface area contributed by atoms with Gasteiger partial charge in [0.15, 0.2) is 11.6 Å². The van der Waals surface area contributed by atoms with E-state index in [1.807, 2.05) is 0 Å². The number of benzene rings is 1. The zero-order chi connectivity index (χ0) is 21.2. The highest BCUT2D eigenvalue weighted by Gasteiger charge is 2.43. The molecule has 4 rings (SSSR count). The molecule has 2 heterocycles. The van der Waals surface area contributed by atoms with Crippen molar-refractivity contribution in [3.63, 3.8) is 0 Å². The van der Waals surface area contributed by atoms with Gasteiger partial charge in [-0.3, -0.25) is 4.79 Å². The SMILES string of the molecule is CC1(C)CN(c2c(F)c(N)c3c(=O)c(C(=O)O)cn(C4CC4)c3c2F)CC1N=O. The molecule has 1 aliphatic heterocycles. The summed E-state index contributed by atoms with van der Waals surface area (Å²) in [7, 11) is 0. The van der Waals surface area contributed by atoms with Gasteiger partial charge in [-0.1, -0.05) is 19.0 Å². The van der Waals surface area contributed by atoms with Gasteiger partial charge >= 0.3 is 5.97 Å². The van der Waals surface area contributed by atoms with Crippen LogP contribution in [0.2, 0.25) is 0 Å². The number of halogens is 2. The maximum atomic E-state index is 15.7. The minimum absolute atomic E-state index is 0.0101. The molecule has 0 bridgehead atoms. The molecule has 0 amide bonds. The highest BCUT2D eigenvalue weighted by Crippen LogP contribution is 2.44. The van der Waals surface area contributed by atoms with Gasteiger partial charge in [-0.15, -0.1) is 0 Å². The van der Waals surface area contributed by atoms with Crippen molar-refractivity contribution in [1.29, 1.82) is 0 Å². The van der Waals surface area contributed by atoms with E-state index in [4.69, 9.17) is 5.73 Å². The fourth-order valence-electron chi connectivity index (χ4n) is 4.09. The van der Waals surface area contributed by atoms with Crippen molar-refractivity contribution in [2.75, 3.05) is 23.7 Å². The third-order valence-electron chi connectivity index (χ3n) is 5.87. The first kappa shape index (κ1) is 19.3. The van der Waals surface area contributed by atoms with Crippen LogP contribution < -0.4 is 16.1 Å². The Morgan fingerprint density at radius 3 is 2.48 bits per heavy atom. The molecule has 2 fully saturated rings. The third kappa shape index (κ3) is 2.77. The van der Waals surface area contributed by atoms with Gasteiger partial charge < -0.3 is 20.3 Å². The standard InChI is InChI=1S/C19H20F2N4O4/c1-19(2)7-24(6-10(19)23-29)16-12(20)14(22)11-15(13(16)21)25(8-3-4-8)5-9(17(11)26)18(27)28/h5,8,10H,3-4,6-7,22H2,1-2H3,(H,27,28). The number of rotatable bonds is 4. The molecule has 154 valence electrons. The van der Waals surface area contributed by atoms with Crippen LogP contribution in [0.15, 0.2) is 16.2 Å². The normalized spacial score (nSPS) is 21.0. The van der Waals surface area contributed by atoms with Gasteiger partial charge in [-0.2, -0.15) is 4.91 Å². The van der Waals surface area contributed by atoms with Crippen molar-refractivity contribution in [1.82, 2.24) is 4.57 Å². The highest BCUT2D eigenvalue weighted by molar-refractivity contribution is 5.99. The number of nitrogen functional groups attached to an aromatic ring is 1. The predicted octanol–water partition coefficient (Wildman–Crippen LogP) is 2.88. The van der Waals surface area contributed by atoms with E-state index in [9.17, 15) is 19.6 Å². The van der Waals surface area contributed by atoms with Crippen LogP contribution in [-0.2, 0) is 0 Å². The molecule has 0 spiro atoms. The number of nitrogens with two attached hydrogens (primary N) is 1. The number of pyridine rings is 1. The molecule has 1 aromatic carbocycles. The quantitative estimate of drug-likeness (QED) is 0.595. The molecule has 1 atom stereocenters. The summed E-state index contributed by atoms with van der Waals surface area (Å²) in [6.45, 7) is 3.73. The lowest BCUT2D eigenvalue weighted by Crippen LogP contribution is -2.27. The summed E-state index contributed by atoms with van der Waals surface area (Å²) >= 11 is 0. The Hall–Kier alpha value is -3.04. The monoisotopic (exact) mass is 406 g/mol. The van der Waals surface area contributed by atoms with E-state index in [0.717, 1.165) is 6.20 Å². The topological polar surface area (TPSA) is 118 Å². The molecule has 0 radical (unpaired) electrons. The molecule has 1 aromatic heterocycles. The Balaban J connectivity index is 2.04. The molecule has 2 aliphatic rings. The number of nitroso groups, excluding NO2 is 1. The predicted molar refractivity (Wildman–Crippen MR) is 103 cm³/mol. The van der Waals surface area contributed by atoms with Crippen molar-refractivity contribution >= 4 is 28.2 Å². The number of carbonyl (C=O) groups is 1. The Kier molecular flexibility index (Phi) is 4.14. The van der Waals surface area contributed by atoms with Gasteiger partial charge in [-0.05, 0) is 12.8 Å². The Labute approximate surface area is 163 Å². The Bertz CT molecular complexity index is 1120. The second-order valence-corrected chi connectivity index (χ2v) is 8.42. The number of carboxylic acids is 1. The van der Waals surface area contributed by atoms with Crippen molar-refractivity contribution in [2.45, 2.75) is 38.8 Å². The van der Waals surface area contributed by atoms with Gasteiger partial charge in [0.05, 0.1) is 16.6 Å². The van der Waals surface area contributed by atoms with Crippen LogP contribution in [0.4, 0.5) is 20.2 Å². The summed E-state index contributed by atoms with van der Waals surface area (Å²) in [5.74, 6) is -3.62. The third-order valence-corrected chi connectivity index (χ3v) is 5.87. The maximum absolute atomic E-state index is 15.7. The molecular formula is C19H20F2N4O4. The second-order valence-electron chi connectivity index (χ2n) is 8.42. The lowest BCUT2D eigenvalue weighted by molar-refractivity contribution is 0.0695. The zero-order valence-corrected chi connectivity index (χ0v) is 15.9. The number of hydrogen-bond acceptors (Lipinski definition) is 6. The van der Waals surface area contributed by atoms with Gasteiger partial charge in [0, 0.05) is 30.7 Å². The number of carboxylic acid groups (broad SMARTS) is 1. The summed E-state index contributed by atoms with van der Waals surface area (Å²) in [5, 5.41) is 11.9. The Morgan fingerprint density at radius 1 is 1.31 bits per heavy atom. The van der Waals surface area contributed by atoms with Crippen LogP contribution in [-0.4, -0.2) is 34.8 Å². The molecule has 1 saturated heterocycles. The molecular weight excluding hydrogens is 386 g/mol. The van der Waals surface area contributed by atoms with E-state index in [0.29, 0.717) is 12.8 Å². The number of anilines is 2. The molecule has 1 aliphatic carbocycles. The molecule has 1 unspecified atom stereocenters. The molecule has 2 aromatic rings. The fraction of sp³-hybridized carbons (Fsp3) is 0.474. The molecule has 10 heteroatoms. The Morgan fingerprint density at radius 2 is 1.97 bits per heavy atom. The van der Waals surface area contributed by atoms with Crippen LogP contribution in [0, 0.1) is 22.0 Å².